The number of benzene rings is 4. The van der Waals surface area contributed by atoms with Crippen molar-refractivity contribution >= 4 is 17.3 Å². The Morgan fingerprint density at radius 3 is 1.54 bits per heavy atom. The summed E-state index contributed by atoms with van der Waals surface area (Å²) in [6.45, 7) is 0. The molecule has 0 fully saturated rings. The Bertz CT molecular complexity index is 1590. The first-order valence-corrected chi connectivity index (χ1v) is 10.8. The molecule has 0 aliphatic heterocycles. The van der Waals surface area contributed by atoms with Gasteiger partial charge < -0.3 is 20.4 Å². The van der Waals surface area contributed by atoms with Crippen molar-refractivity contribution in [1.82, 2.24) is 0 Å². The van der Waals surface area contributed by atoms with Crippen molar-refractivity contribution in [3.63, 3.8) is 0 Å². The number of fused-ring (bicyclic) bond motifs is 4. The molecule has 0 heterocycles. The maximum absolute atomic E-state index is 13.4. The fourth-order valence-corrected chi connectivity index (χ4v) is 5.22. The van der Waals surface area contributed by atoms with Crippen LogP contribution in [0.3, 0.4) is 0 Å². The SMILES string of the molecule is O=C1c2cccc(O)c2C(=O)c2c1ccc(C1c3cccc(O)c3C(=O)c3c(O)cccc31)c2O. The molecule has 0 spiro atoms. The fourth-order valence-electron chi connectivity index (χ4n) is 5.22. The van der Waals surface area contributed by atoms with Gasteiger partial charge in [-0.3, -0.25) is 14.4 Å². The van der Waals surface area contributed by atoms with Crippen LogP contribution < -0.4 is 0 Å². The lowest BCUT2D eigenvalue weighted by Gasteiger charge is -2.30. The zero-order valence-corrected chi connectivity index (χ0v) is 17.9. The normalized spacial score (nSPS) is 14.2. The van der Waals surface area contributed by atoms with Crippen LogP contribution in [0.2, 0.25) is 0 Å². The van der Waals surface area contributed by atoms with Crippen molar-refractivity contribution in [1.29, 1.82) is 0 Å². The molecule has 7 nitrogen and oxygen atoms in total. The Morgan fingerprint density at radius 1 is 0.457 bits per heavy atom. The number of carbonyl (C=O) groups excluding carboxylic acids is 3. The van der Waals surface area contributed by atoms with Crippen molar-refractivity contribution in [2.45, 2.75) is 5.92 Å². The minimum Gasteiger partial charge on any atom is -0.507 e. The monoisotopic (exact) mass is 464 g/mol. The van der Waals surface area contributed by atoms with Crippen LogP contribution in [0.4, 0.5) is 0 Å². The van der Waals surface area contributed by atoms with Gasteiger partial charge in [0.05, 0.1) is 22.3 Å². The number of carbonyl (C=O) groups is 3. The average molecular weight is 464 g/mol. The molecular weight excluding hydrogens is 448 g/mol. The molecule has 4 aromatic rings. The average Bonchev–Trinajstić information content (AvgIpc) is 2.83. The summed E-state index contributed by atoms with van der Waals surface area (Å²) in [7, 11) is 0. The van der Waals surface area contributed by atoms with E-state index in [4.69, 9.17) is 0 Å². The minimum absolute atomic E-state index is 0.00602. The van der Waals surface area contributed by atoms with Gasteiger partial charge in [-0.05, 0) is 35.4 Å². The van der Waals surface area contributed by atoms with E-state index in [0.717, 1.165) is 0 Å². The standard InChI is InChI=1S/C28H16O7/c29-17-7-1-4-12-20(13-5-2-8-18(30)22(13)27(34)21(12)17)15-10-11-16-24(26(15)33)28(35)23-14(25(16)32)6-3-9-19(23)31/h1-11,20,29-31,33H. The van der Waals surface area contributed by atoms with E-state index in [-0.39, 0.29) is 56.2 Å². The lowest BCUT2D eigenvalue weighted by atomic mass is 9.72. The van der Waals surface area contributed by atoms with Gasteiger partial charge in [0, 0.05) is 22.6 Å². The second kappa shape index (κ2) is 7.04. The number of rotatable bonds is 1. The lowest BCUT2D eigenvalue weighted by molar-refractivity contribution is 0.0974. The van der Waals surface area contributed by atoms with Crippen LogP contribution in [0.5, 0.6) is 23.0 Å². The van der Waals surface area contributed by atoms with Crippen LogP contribution in [0.15, 0.2) is 66.7 Å². The summed E-state index contributed by atoms with van der Waals surface area (Å²) in [5, 5.41) is 42.7. The molecule has 0 atom stereocenters. The summed E-state index contributed by atoms with van der Waals surface area (Å²) in [6, 6.07) is 16.2. The van der Waals surface area contributed by atoms with Crippen LogP contribution in [0, 0.1) is 0 Å². The Labute approximate surface area is 198 Å². The van der Waals surface area contributed by atoms with Gasteiger partial charge in [0.1, 0.15) is 23.0 Å². The predicted molar refractivity (Wildman–Crippen MR) is 124 cm³/mol. The molecule has 2 aliphatic rings. The third kappa shape index (κ3) is 2.63. The van der Waals surface area contributed by atoms with Gasteiger partial charge in [-0.2, -0.15) is 0 Å². The summed E-state index contributed by atoms with van der Waals surface area (Å²) in [4.78, 5) is 39.7. The molecule has 4 aromatic carbocycles. The topological polar surface area (TPSA) is 132 Å². The second-order valence-corrected chi connectivity index (χ2v) is 8.53. The molecule has 0 amide bonds. The number of hydrogen-bond donors (Lipinski definition) is 4. The van der Waals surface area contributed by atoms with E-state index in [1.807, 2.05) is 0 Å². The van der Waals surface area contributed by atoms with Gasteiger partial charge in [-0.25, -0.2) is 0 Å². The highest BCUT2D eigenvalue weighted by atomic mass is 16.3. The smallest absolute Gasteiger partial charge is 0.201 e. The Hall–Kier alpha value is -4.91. The predicted octanol–water partition coefficient (Wildman–Crippen LogP) is 4.01. The number of phenols is 4. The Morgan fingerprint density at radius 2 is 0.943 bits per heavy atom. The quantitative estimate of drug-likeness (QED) is 0.289. The van der Waals surface area contributed by atoms with Gasteiger partial charge >= 0.3 is 0 Å². The minimum atomic E-state index is -0.837. The Kier molecular flexibility index (Phi) is 4.16. The number of aromatic hydroxyl groups is 4. The molecule has 0 aromatic heterocycles. The van der Waals surface area contributed by atoms with Crippen molar-refractivity contribution in [2.24, 2.45) is 0 Å². The van der Waals surface area contributed by atoms with E-state index < -0.39 is 29.0 Å². The fraction of sp³-hybridized carbons (Fsp3) is 0.0357. The third-order valence-electron chi connectivity index (χ3n) is 6.73. The van der Waals surface area contributed by atoms with E-state index in [0.29, 0.717) is 11.1 Å². The summed E-state index contributed by atoms with van der Waals surface area (Å²) in [6.07, 6.45) is 0. The largest absolute Gasteiger partial charge is 0.507 e. The van der Waals surface area contributed by atoms with Crippen molar-refractivity contribution in [3.8, 4) is 23.0 Å². The zero-order valence-electron chi connectivity index (χ0n) is 17.9. The summed E-state index contributed by atoms with van der Waals surface area (Å²) < 4.78 is 0. The molecule has 2 aliphatic carbocycles. The first-order chi connectivity index (χ1) is 16.8. The molecule has 6 rings (SSSR count). The van der Waals surface area contributed by atoms with Crippen molar-refractivity contribution in [2.75, 3.05) is 0 Å². The van der Waals surface area contributed by atoms with E-state index >= 15 is 0 Å². The maximum Gasteiger partial charge on any atom is 0.201 e. The zero-order chi connectivity index (χ0) is 24.6. The first-order valence-electron chi connectivity index (χ1n) is 10.8. The van der Waals surface area contributed by atoms with Gasteiger partial charge in [0.15, 0.2) is 5.78 Å². The van der Waals surface area contributed by atoms with E-state index in [2.05, 4.69) is 0 Å². The highest BCUT2D eigenvalue weighted by Gasteiger charge is 2.40. The molecule has 170 valence electrons. The molecule has 7 heteroatoms. The van der Waals surface area contributed by atoms with Crippen molar-refractivity contribution < 1.29 is 34.8 Å². The van der Waals surface area contributed by atoms with Crippen LogP contribution in [0.25, 0.3) is 0 Å². The molecular formula is C28H16O7. The first kappa shape index (κ1) is 20.7. The highest BCUT2D eigenvalue weighted by Crippen LogP contribution is 2.49. The maximum atomic E-state index is 13.4. The van der Waals surface area contributed by atoms with Gasteiger partial charge in [-0.15, -0.1) is 0 Å². The highest BCUT2D eigenvalue weighted by molar-refractivity contribution is 6.30. The van der Waals surface area contributed by atoms with Gasteiger partial charge in [0.2, 0.25) is 11.6 Å². The third-order valence-corrected chi connectivity index (χ3v) is 6.73. The van der Waals surface area contributed by atoms with E-state index in [1.54, 1.807) is 24.3 Å². The van der Waals surface area contributed by atoms with Crippen LogP contribution in [0.1, 0.15) is 70.4 Å². The summed E-state index contributed by atoms with van der Waals surface area (Å²) in [5.41, 5.74) is 0.520. The lowest BCUT2D eigenvalue weighted by Crippen LogP contribution is -2.24. The summed E-state index contributed by atoms with van der Waals surface area (Å²) >= 11 is 0. The van der Waals surface area contributed by atoms with E-state index in [9.17, 15) is 34.8 Å². The number of hydrogen-bond acceptors (Lipinski definition) is 7. The van der Waals surface area contributed by atoms with Crippen molar-refractivity contribution in [3.05, 3.63) is 117 Å². The molecule has 0 saturated carbocycles. The molecule has 0 radical (unpaired) electrons. The number of phenolic OH excluding ortho intramolecular Hbond substituents is 4. The van der Waals surface area contributed by atoms with Crippen LogP contribution >= 0.6 is 0 Å². The molecule has 0 unspecified atom stereocenters. The van der Waals surface area contributed by atoms with Crippen LogP contribution in [-0.4, -0.2) is 37.8 Å². The molecule has 35 heavy (non-hydrogen) atoms. The molecule has 0 saturated heterocycles. The number of ketones is 3. The van der Waals surface area contributed by atoms with Crippen LogP contribution in [-0.2, 0) is 0 Å². The van der Waals surface area contributed by atoms with Gasteiger partial charge in [0.25, 0.3) is 0 Å². The molecule has 4 N–H and O–H groups in total. The summed E-state index contributed by atoms with van der Waals surface area (Å²) in [5.74, 6) is -4.03. The van der Waals surface area contributed by atoms with E-state index in [1.165, 1.54) is 42.5 Å². The second-order valence-electron chi connectivity index (χ2n) is 8.53. The van der Waals surface area contributed by atoms with Gasteiger partial charge in [-0.1, -0.05) is 42.5 Å². The Balaban J connectivity index is 1.65. The molecule has 0 bridgehead atoms.